The molecule has 0 amide bonds. The van der Waals surface area contributed by atoms with Crippen LogP contribution < -0.4 is 5.32 Å². The highest BCUT2D eigenvalue weighted by Gasteiger charge is 2.19. The van der Waals surface area contributed by atoms with Crippen molar-refractivity contribution in [3.8, 4) is 0 Å². The first kappa shape index (κ1) is 16.9. The quantitative estimate of drug-likeness (QED) is 0.784. The number of carbonyl (C=O) groups excluding carboxylic acids is 1. The van der Waals surface area contributed by atoms with Crippen LogP contribution >= 0.6 is 0 Å². The van der Waals surface area contributed by atoms with Gasteiger partial charge in [-0.2, -0.15) is 0 Å². The van der Waals surface area contributed by atoms with Gasteiger partial charge in [0.05, 0.1) is 13.2 Å². The number of hydrogen-bond donors (Lipinski definition) is 1. The van der Waals surface area contributed by atoms with Gasteiger partial charge in [-0.25, -0.2) is 4.39 Å². The standard InChI is InChI=1S/C17H25FN2O2/c1-2-22-17(21)13-20(12-15-7-9-19-10-8-15)11-14-3-5-16(18)6-4-14/h3-6,15,19H,2,7-13H2,1H3. The Bertz CT molecular complexity index is 458. The van der Waals surface area contributed by atoms with Crippen LogP contribution in [0.2, 0.25) is 0 Å². The zero-order valence-corrected chi connectivity index (χ0v) is 13.2. The van der Waals surface area contributed by atoms with Crippen LogP contribution in [-0.4, -0.2) is 43.7 Å². The van der Waals surface area contributed by atoms with Crippen molar-refractivity contribution in [2.75, 3.05) is 32.8 Å². The van der Waals surface area contributed by atoms with Gasteiger partial charge in [0, 0.05) is 13.1 Å². The number of rotatable bonds is 7. The average Bonchev–Trinajstić information content (AvgIpc) is 2.51. The Morgan fingerprint density at radius 1 is 1.32 bits per heavy atom. The lowest BCUT2D eigenvalue weighted by molar-refractivity contribution is -0.144. The lowest BCUT2D eigenvalue weighted by atomic mass is 9.97. The first-order valence-corrected chi connectivity index (χ1v) is 8.00. The third-order valence-corrected chi connectivity index (χ3v) is 3.95. The maximum atomic E-state index is 13.0. The van der Waals surface area contributed by atoms with Gasteiger partial charge in [-0.15, -0.1) is 0 Å². The zero-order valence-electron chi connectivity index (χ0n) is 13.2. The Hall–Kier alpha value is -1.46. The number of carbonyl (C=O) groups is 1. The summed E-state index contributed by atoms with van der Waals surface area (Å²) in [5.74, 6) is 0.161. The average molecular weight is 308 g/mol. The smallest absolute Gasteiger partial charge is 0.320 e. The molecule has 5 heteroatoms. The number of nitrogens with zero attached hydrogens (tertiary/aromatic N) is 1. The largest absolute Gasteiger partial charge is 0.465 e. The molecule has 1 aromatic carbocycles. The van der Waals surface area contributed by atoms with E-state index in [2.05, 4.69) is 10.2 Å². The van der Waals surface area contributed by atoms with Crippen LogP contribution in [-0.2, 0) is 16.1 Å². The molecule has 1 aliphatic heterocycles. The fraction of sp³-hybridized carbons (Fsp3) is 0.588. The van der Waals surface area contributed by atoms with Crippen LogP contribution in [0.3, 0.4) is 0 Å². The summed E-state index contributed by atoms with van der Waals surface area (Å²) < 4.78 is 18.1. The highest BCUT2D eigenvalue weighted by Crippen LogP contribution is 2.16. The lowest BCUT2D eigenvalue weighted by Crippen LogP contribution is -2.38. The van der Waals surface area contributed by atoms with Crippen molar-refractivity contribution in [1.82, 2.24) is 10.2 Å². The third-order valence-electron chi connectivity index (χ3n) is 3.95. The third kappa shape index (κ3) is 5.73. The summed E-state index contributed by atoms with van der Waals surface area (Å²) >= 11 is 0. The number of ether oxygens (including phenoxy) is 1. The second-order valence-electron chi connectivity index (χ2n) is 5.79. The summed E-state index contributed by atoms with van der Waals surface area (Å²) in [4.78, 5) is 13.9. The van der Waals surface area contributed by atoms with E-state index in [-0.39, 0.29) is 18.3 Å². The first-order chi connectivity index (χ1) is 10.7. The number of piperidine rings is 1. The van der Waals surface area contributed by atoms with Crippen molar-refractivity contribution in [3.05, 3.63) is 35.6 Å². The molecule has 1 fully saturated rings. The Morgan fingerprint density at radius 2 is 2.00 bits per heavy atom. The maximum Gasteiger partial charge on any atom is 0.320 e. The van der Waals surface area contributed by atoms with Gasteiger partial charge in [-0.1, -0.05) is 12.1 Å². The summed E-state index contributed by atoms with van der Waals surface area (Å²) in [5, 5.41) is 3.35. The summed E-state index contributed by atoms with van der Waals surface area (Å²) in [7, 11) is 0. The van der Waals surface area contributed by atoms with E-state index in [0.717, 1.165) is 38.0 Å². The molecule has 0 aromatic heterocycles. The van der Waals surface area contributed by atoms with Gasteiger partial charge in [-0.05, 0) is 56.5 Å². The van der Waals surface area contributed by atoms with Crippen molar-refractivity contribution < 1.29 is 13.9 Å². The summed E-state index contributed by atoms with van der Waals surface area (Å²) in [6.07, 6.45) is 2.26. The van der Waals surface area contributed by atoms with E-state index in [0.29, 0.717) is 19.1 Å². The van der Waals surface area contributed by atoms with Gasteiger partial charge in [0.25, 0.3) is 0 Å². The van der Waals surface area contributed by atoms with E-state index in [4.69, 9.17) is 4.74 Å². The molecule has 1 aliphatic rings. The van der Waals surface area contributed by atoms with Gasteiger partial charge in [0.2, 0.25) is 0 Å². The highest BCUT2D eigenvalue weighted by molar-refractivity contribution is 5.71. The molecule has 0 spiro atoms. The number of nitrogens with one attached hydrogen (secondary N) is 1. The van der Waals surface area contributed by atoms with Gasteiger partial charge in [0.1, 0.15) is 5.82 Å². The van der Waals surface area contributed by atoms with Crippen LogP contribution in [0.1, 0.15) is 25.3 Å². The van der Waals surface area contributed by atoms with Crippen molar-refractivity contribution in [1.29, 1.82) is 0 Å². The molecule has 2 rings (SSSR count). The molecule has 1 heterocycles. The van der Waals surface area contributed by atoms with Crippen molar-refractivity contribution in [2.24, 2.45) is 5.92 Å². The molecule has 1 aromatic rings. The summed E-state index contributed by atoms with van der Waals surface area (Å²) in [6.45, 7) is 6.09. The highest BCUT2D eigenvalue weighted by atomic mass is 19.1. The van der Waals surface area contributed by atoms with Gasteiger partial charge in [-0.3, -0.25) is 9.69 Å². The molecule has 122 valence electrons. The minimum atomic E-state index is -0.237. The van der Waals surface area contributed by atoms with Crippen LogP contribution in [0, 0.1) is 11.7 Å². The molecule has 4 nitrogen and oxygen atoms in total. The van der Waals surface area contributed by atoms with E-state index in [1.807, 2.05) is 6.92 Å². The predicted molar refractivity (Wildman–Crippen MR) is 83.9 cm³/mol. The Balaban J connectivity index is 1.96. The normalized spacial score (nSPS) is 16.0. The SMILES string of the molecule is CCOC(=O)CN(Cc1ccc(F)cc1)CC1CCNCC1. The maximum absolute atomic E-state index is 13.0. The fourth-order valence-corrected chi connectivity index (χ4v) is 2.85. The molecule has 0 bridgehead atoms. The minimum Gasteiger partial charge on any atom is -0.465 e. The second-order valence-corrected chi connectivity index (χ2v) is 5.79. The van der Waals surface area contributed by atoms with Crippen LogP contribution in [0.5, 0.6) is 0 Å². The number of halogens is 1. The monoisotopic (exact) mass is 308 g/mol. The zero-order chi connectivity index (χ0) is 15.8. The van der Waals surface area contributed by atoms with Gasteiger partial charge >= 0.3 is 5.97 Å². The molecule has 0 radical (unpaired) electrons. The van der Waals surface area contributed by atoms with E-state index in [1.54, 1.807) is 12.1 Å². The first-order valence-electron chi connectivity index (χ1n) is 8.00. The van der Waals surface area contributed by atoms with Crippen molar-refractivity contribution >= 4 is 5.97 Å². The van der Waals surface area contributed by atoms with Crippen molar-refractivity contribution in [2.45, 2.75) is 26.3 Å². The van der Waals surface area contributed by atoms with E-state index >= 15 is 0 Å². The molecule has 1 saturated heterocycles. The fourth-order valence-electron chi connectivity index (χ4n) is 2.85. The minimum absolute atomic E-state index is 0.196. The molecule has 0 saturated carbocycles. The Labute approximate surface area is 131 Å². The lowest BCUT2D eigenvalue weighted by Gasteiger charge is -2.29. The van der Waals surface area contributed by atoms with Crippen LogP contribution in [0.25, 0.3) is 0 Å². The molecular formula is C17H25FN2O2. The summed E-state index contributed by atoms with van der Waals surface area (Å²) in [5.41, 5.74) is 1.01. The molecule has 0 atom stereocenters. The van der Waals surface area contributed by atoms with E-state index < -0.39 is 0 Å². The van der Waals surface area contributed by atoms with E-state index in [1.165, 1.54) is 12.1 Å². The Morgan fingerprint density at radius 3 is 2.64 bits per heavy atom. The Kier molecular flexibility index (Phi) is 6.80. The molecule has 0 aliphatic carbocycles. The van der Waals surface area contributed by atoms with Crippen LogP contribution in [0.15, 0.2) is 24.3 Å². The molecular weight excluding hydrogens is 283 g/mol. The van der Waals surface area contributed by atoms with Crippen LogP contribution in [0.4, 0.5) is 4.39 Å². The second kappa shape index (κ2) is 8.86. The molecule has 22 heavy (non-hydrogen) atoms. The van der Waals surface area contributed by atoms with Gasteiger partial charge < -0.3 is 10.1 Å². The van der Waals surface area contributed by atoms with Gasteiger partial charge in [0.15, 0.2) is 0 Å². The topological polar surface area (TPSA) is 41.6 Å². The predicted octanol–water partition coefficient (Wildman–Crippen LogP) is 2.19. The van der Waals surface area contributed by atoms with Crippen molar-refractivity contribution in [3.63, 3.8) is 0 Å². The number of benzene rings is 1. The number of esters is 1. The van der Waals surface area contributed by atoms with E-state index in [9.17, 15) is 9.18 Å². The summed E-state index contributed by atoms with van der Waals surface area (Å²) in [6, 6.07) is 6.47. The number of hydrogen-bond acceptors (Lipinski definition) is 4. The molecule has 0 unspecified atom stereocenters. The molecule has 1 N–H and O–H groups in total.